The number of thiophene rings is 1. The molecule has 1 aromatic heterocycles. The maximum atomic E-state index is 8.98. The van der Waals surface area contributed by atoms with Crippen molar-refractivity contribution in [1.82, 2.24) is 0 Å². The van der Waals surface area contributed by atoms with E-state index in [1.54, 1.807) is 11.3 Å². The molecular formula is C6H6Cl2OS. The Bertz CT molecular complexity index is 180. The van der Waals surface area contributed by atoms with Crippen LogP contribution in [0.1, 0.15) is 4.88 Å². The van der Waals surface area contributed by atoms with Crippen LogP contribution in [0.2, 0.25) is 0 Å². The lowest BCUT2D eigenvalue weighted by Crippen LogP contribution is -1.46. The molecule has 0 bridgehead atoms. The van der Waals surface area contributed by atoms with E-state index < -0.39 is 4.70 Å². The molecule has 10 heavy (non-hydrogen) atoms. The lowest BCUT2D eigenvalue weighted by atomic mass is 10.5. The van der Waals surface area contributed by atoms with Crippen molar-refractivity contribution in [2.45, 2.75) is 6.92 Å². The quantitative estimate of drug-likeness (QED) is 0.580. The Balaban J connectivity index is 0.000000180. The summed E-state index contributed by atoms with van der Waals surface area (Å²) in [7, 11) is 0. The molecule has 0 radical (unpaired) electrons. The summed E-state index contributed by atoms with van der Waals surface area (Å²) in [5.41, 5.74) is 0. The molecule has 0 saturated carbocycles. The first-order valence-electron chi connectivity index (χ1n) is 2.48. The Morgan fingerprint density at radius 2 is 2.10 bits per heavy atom. The highest BCUT2D eigenvalue weighted by atomic mass is 35.5. The Labute approximate surface area is 73.6 Å². The Morgan fingerprint density at radius 1 is 1.60 bits per heavy atom. The lowest BCUT2D eigenvalue weighted by molar-refractivity contribution is 0.275. The van der Waals surface area contributed by atoms with Crippen molar-refractivity contribution in [3.8, 4) is 0 Å². The Kier molecular flexibility index (Phi) is 5.69. The summed E-state index contributed by atoms with van der Waals surface area (Å²) >= 11 is 10.6. The van der Waals surface area contributed by atoms with E-state index in [0.29, 0.717) is 0 Å². The van der Waals surface area contributed by atoms with Crippen LogP contribution >= 0.6 is 34.5 Å². The predicted molar refractivity (Wildman–Crippen MR) is 46.2 cm³/mol. The molecule has 0 saturated heterocycles. The molecule has 0 amide bonds. The fourth-order valence-electron chi connectivity index (χ4n) is 0.361. The maximum Gasteiger partial charge on any atom is 0.313 e. The number of carbonyl (C=O) groups is 1. The molecule has 0 aliphatic heterocycles. The minimum Gasteiger partial charge on any atom is -0.262 e. The van der Waals surface area contributed by atoms with Gasteiger partial charge in [0.25, 0.3) is 0 Å². The normalized spacial score (nSPS) is 7.90. The van der Waals surface area contributed by atoms with E-state index in [-0.39, 0.29) is 0 Å². The second-order valence-corrected chi connectivity index (χ2v) is 3.48. The third-order valence-electron chi connectivity index (χ3n) is 0.663. The molecule has 1 rings (SSSR count). The van der Waals surface area contributed by atoms with Gasteiger partial charge in [-0.2, -0.15) is 0 Å². The van der Waals surface area contributed by atoms with E-state index in [1.807, 2.05) is 0 Å². The van der Waals surface area contributed by atoms with Crippen LogP contribution in [-0.4, -0.2) is 4.70 Å². The first kappa shape index (κ1) is 9.95. The summed E-state index contributed by atoms with van der Waals surface area (Å²) in [5, 5.41) is 2.08. The fraction of sp³-hybridized carbons (Fsp3) is 0.167. The molecule has 0 atom stereocenters. The molecule has 0 spiro atoms. The molecule has 1 heterocycles. The molecule has 0 aliphatic rings. The van der Waals surface area contributed by atoms with E-state index in [1.165, 1.54) is 4.88 Å². The van der Waals surface area contributed by atoms with Crippen molar-refractivity contribution < 1.29 is 4.79 Å². The number of aryl methyl sites for hydroxylation is 1. The summed E-state index contributed by atoms with van der Waals surface area (Å²) in [6.45, 7) is 2.10. The van der Waals surface area contributed by atoms with Crippen molar-refractivity contribution in [3.63, 3.8) is 0 Å². The molecule has 0 aromatic carbocycles. The number of hydrogen-bond donors (Lipinski definition) is 0. The second kappa shape index (κ2) is 5.71. The SMILES string of the molecule is Cc1cccs1.O=C(Cl)Cl. The van der Waals surface area contributed by atoms with E-state index in [0.717, 1.165) is 0 Å². The van der Waals surface area contributed by atoms with Gasteiger partial charge in [0.15, 0.2) is 0 Å². The maximum absolute atomic E-state index is 8.98. The zero-order valence-electron chi connectivity index (χ0n) is 5.30. The molecule has 4 heteroatoms. The van der Waals surface area contributed by atoms with Gasteiger partial charge in [0, 0.05) is 4.88 Å². The van der Waals surface area contributed by atoms with Gasteiger partial charge in [-0.25, -0.2) is 0 Å². The van der Waals surface area contributed by atoms with E-state index >= 15 is 0 Å². The zero-order chi connectivity index (χ0) is 7.98. The van der Waals surface area contributed by atoms with Crippen LogP contribution < -0.4 is 0 Å². The minimum atomic E-state index is -0.889. The van der Waals surface area contributed by atoms with Gasteiger partial charge < -0.3 is 0 Å². The van der Waals surface area contributed by atoms with Gasteiger partial charge in [0.05, 0.1) is 0 Å². The molecule has 1 nitrogen and oxygen atoms in total. The highest BCUT2D eigenvalue weighted by molar-refractivity contribution is 7.09. The van der Waals surface area contributed by atoms with Gasteiger partial charge in [-0.15, -0.1) is 11.3 Å². The van der Waals surface area contributed by atoms with Crippen LogP contribution in [0.4, 0.5) is 4.79 Å². The highest BCUT2D eigenvalue weighted by Gasteiger charge is 1.74. The molecule has 0 aliphatic carbocycles. The average molecular weight is 197 g/mol. The number of rotatable bonds is 0. The van der Waals surface area contributed by atoms with Crippen LogP contribution in [0.3, 0.4) is 0 Å². The van der Waals surface area contributed by atoms with Gasteiger partial charge in [0.1, 0.15) is 0 Å². The zero-order valence-corrected chi connectivity index (χ0v) is 7.63. The second-order valence-electron chi connectivity index (χ2n) is 1.45. The van der Waals surface area contributed by atoms with Gasteiger partial charge in [-0.1, -0.05) is 6.07 Å². The third kappa shape index (κ3) is 7.95. The summed E-state index contributed by atoms with van der Waals surface area (Å²) in [5.74, 6) is 0. The topological polar surface area (TPSA) is 17.1 Å². The highest BCUT2D eigenvalue weighted by Crippen LogP contribution is 2.03. The largest absolute Gasteiger partial charge is 0.313 e. The molecule has 0 fully saturated rings. The van der Waals surface area contributed by atoms with E-state index in [9.17, 15) is 0 Å². The van der Waals surface area contributed by atoms with Crippen LogP contribution in [0.15, 0.2) is 17.5 Å². The smallest absolute Gasteiger partial charge is 0.262 e. The first-order valence-corrected chi connectivity index (χ1v) is 4.11. The summed E-state index contributed by atoms with van der Waals surface area (Å²) < 4.78 is -0.889. The predicted octanol–water partition coefficient (Wildman–Crippen LogP) is 3.64. The standard InChI is InChI=1S/C5H6S.CCl2O/c1-5-3-2-4-6-5;2-1(3)4/h2-4H,1H3;. The molecule has 1 aromatic rings. The number of halogens is 2. The molecule has 0 N–H and O–H groups in total. The monoisotopic (exact) mass is 196 g/mol. The lowest BCUT2D eigenvalue weighted by Gasteiger charge is -1.65. The van der Waals surface area contributed by atoms with Gasteiger partial charge in [-0.3, -0.25) is 4.79 Å². The van der Waals surface area contributed by atoms with Crippen molar-refractivity contribution in [2.75, 3.05) is 0 Å². The van der Waals surface area contributed by atoms with Gasteiger partial charge >= 0.3 is 4.70 Å². The van der Waals surface area contributed by atoms with E-state index in [2.05, 4.69) is 47.6 Å². The molecule has 56 valence electrons. The number of carbonyl (C=O) groups excluding carboxylic acids is 1. The van der Waals surface area contributed by atoms with E-state index in [4.69, 9.17) is 4.79 Å². The molecule has 0 unspecified atom stereocenters. The van der Waals surface area contributed by atoms with Crippen molar-refractivity contribution in [3.05, 3.63) is 22.4 Å². The van der Waals surface area contributed by atoms with Crippen molar-refractivity contribution >= 4 is 39.2 Å². The summed E-state index contributed by atoms with van der Waals surface area (Å²) in [6, 6.07) is 4.16. The third-order valence-corrected chi connectivity index (χ3v) is 1.46. The van der Waals surface area contributed by atoms with Crippen LogP contribution in [0, 0.1) is 6.92 Å². The van der Waals surface area contributed by atoms with Gasteiger partial charge in [-0.05, 0) is 41.6 Å². The fourth-order valence-corrected chi connectivity index (χ4v) is 0.890. The Morgan fingerprint density at radius 3 is 2.20 bits per heavy atom. The van der Waals surface area contributed by atoms with Crippen LogP contribution in [-0.2, 0) is 0 Å². The minimum absolute atomic E-state index is 0.889. The van der Waals surface area contributed by atoms with Crippen LogP contribution in [0.25, 0.3) is 0 Å². The van der Waals surface area contributed by atoms with Crippen LogP contribution in [0.5, 0.6) is 0 Å². The van der Waals surface area contributed by atoms with Crippen molar-refractivity contribution in [1.29, 1.82) is 0 Å². The van der Waals surface area contributed by atoms with Crippen molar-refractivity contribution in [2.24, 2.45) is 0 Å². The molecular weight excluding hydrogens is 191 g/mol. The first-order chi connectivity index (χ1) is 4.63. The summed E-state index contributed by atoms with van der Waals surface area (Å²) in [4.78, 5) is 10.4. The van der Waals surface area contributed by atoms with Gasteiger partial charge in [0.2, 0.25) is 0 Å². The Hall–Kier alpha value is -0.0500. The number of hydrogen-bond acceptors (Lipinski definition) is 2. The average Bonchev–Trinajstić information content (AvgIpc) is 2.15. The summed E-state index contributed by atoms with van der Waals surface area (Å²) in [6.07, 6.45) is 0.